The van der Waals surface area contributed by atoms with E-state index in [2.05, 4.69) is 471 Å². The molecule has 2 nitrogen and oxygen atoms in total. The van der Waals surface area contributed by atoms with Crippen LogP contribution in [0.2, 0.25) is 0 Å². The molecule has 666 valence electrons. The Kier molecular flexibility index (Phi) is 19.9. The molecule has 139 heavy (non-hydrogen) atoms. The number of anilines is 6. The highest BCUT2D eigenvalue weighted by atomic mass is 32.1. The van der Waals surface area contributed by atoms with Gasteiger partial charge in [-0.1, -0.05) is 352 Å². The van der Waals surface area contributed by atoms with Crippen LogP contribution in [0.3, 0.4) is 0 Å². The van der Waals surface area contributed by atoms with Gasteiger partial charge in [0.2, 0.25) is 0 Å². The Balaban J connectivity index is 0.000000137. The third kappa shape index (κ3) is 13.3. The fourth-order valence-electron chi connectivity index (χ4n) is 29.0. The average Bonchev–Trinajstić information content (AvgIpc) is 1.50. The molecule has 0 atom stereocenters. The van der Waals surface area contributed by atoms with Gasteiger partial charge in [0.1, 0.15) is 0 Å². The number of hydrogen-bond donors (Lipinski definition) is 0. The highest BCUT2D eigenvalue weighted by Gasteiger charge is 2.64. The number of benzene rings is 19. The van der Waals surface area contributed by atoms with Gasteiger partial charge in [-0.3, -0.25) is 0 Å². The van der Waals surface area contributed by atoms with Crippen molar-refractivity contribution in [1.82, 2.24) is 0 Å². The maximum absolute atomic E-state index is 2.71. The number of nitrogens with zero attached hydrogens (tertiary/aromatic N) is 2. The fourth-order valence-corrected chi connectivity index (χ4v) is 36.0. The largest absolute Gasteiger partial charge is 0.310 e. The summed E-state index contributed by atoms with van der Waals surface area (Å²) >= 11 is 3.83. The van der Waals surface area contributed by atoms with Crippen molar-refractivity contribution in [2.24, 2.45) is 47.3 Å². The lowest BCUT2D eigenvalue weighted by atomic mass is 9.42. The molecule has 8 fully saturated rings. The second kappa shape index (κ2) is 33.4. The molecule has 0 N–H and O–H groups in total. The molecule has 19 aromatic carbocycles. The van der Waals surface area contributed by atoms with Crippen LogP contribution in [0.25, 0.3) is 129 Å². The standard InChI is InChI=1S/C70H55NSSi.C64H49NS/c1-5-15-49(16-6-1)50-25-29-55(30-26-50)71(56-31-34-61(35-32-56)73(58-17-7-2-8-18-58,59-19-9-3-10-20-59)60-21-11-4-12-22-60)57-33-38-69-65(46-57)64-45-52(28-37-68(64)72-69)51-27-36-67-63(44-51)62-23-13-14-24-66(62)70(67)53-40-47-39-48(42-53)43-54(70)41-47;1-4-13-43(14-5-1)44-23-26-50(27-24-44)65(51-28-31-53(45-15-6-2-7-16-45)58(39-51)46-17-8-3-9-18-46)52-29-32-61-59(40-52)56-30-25-47(38-62(56)66-61)54-20-12-21-57-55-19-10-11-22-60(55)64(63(54)57)48-34-41-33-42(36-48)37-49(64)35-41/h1-38,44-48,53-54H,39-43H2;1-32,38-42,48-49H,33-37H2. The van der Waals surface area contributed by atoms with Crippen LogP contribution in [0.5, 0.6) is 0 Å². The van der Waals surface area contributed by atoms with Gasteiger partial charge in [-0.2, -0.15) is 0 Å². The topological polar surface area (TPSA) is 6.48 Å². The highest BCUT2D eigenvalue weighted by molar-refractivity contribution is 7.26. The van der Waals surface area contributed by atoms with Gasteiger partial charge < -0.3 is 9.80 Å². The van der Waals surface area contributed by atoms with E-state index in [0.717, 1.165) is 81.5 Å². The summed E-state index contributed by atoms with van der Waals surface area (Å²) in [4.78, 5) is 4.91. The van der Waals surface area contributed by atoms with Gasteiger partial charge in [0.15, 0.2) is 8.07 Å². The summed E-state index contributed by atoms with van der Waals surface area (Å²) in [7, 11) is -2.71. The highest BCUT2D eigenvalue weighted by Crippen LogP contribution is 2.72. The molecule has 21 aromatic rings. The molecular weight excluding hydrogens is 1730 g/mol. The van der Waals surface area contributed by atoms with Gasteiger partial charge >= 0.3 is 0 Å². The number of rotatable bonds is 16. The molecule has 10 aliphatic carbocycles. The van der Waals surface area contributed by atoms with E-state index in [4.69, 9.17) is 0 Å². The molecule has 2 spiro atoms. The van der Waals surface area contributed by atoms with Crippen LogP contribution < -0.4 is 30.5 Å². The van der Waals surface area contributed by atoms with Crippen molar-refractivity contribution in [1.29, 1.82) is 0 Å². The molecule has 0 aliphatic heterocycles. The second-order valence-corrected chi connectivity index (χ2v) is 47.2. The Morgan fingerprint density at radius 1 is 0.187 bits per heavy atom. The van der Waals surface area contributed by atoms with Gasteiger partial charge in [-0.25, -0.2) is 0 Å². The average molecular weight is 1830 g/mol. The van der Waals surface area contributed by atoms with Crippen molar-refractivity contribution in [3.8, 4) is 89.0 Å². The van der Waals surface area contributed by atoms with Crippen molar-refractivity contribution in [3.05, 3.63) is 483 Å². The van der Waals surface area contributed by atoms with Gasteiger partial charge in [0, 0.05) is 85.3 Å². The first kappa shape index (κ1) is 82.7. The summed E-state index contributed by atoms with van der Waals surface area (Å²) < 4.78 is 5.30. The van der Waals surface area contributed by atoms with Gasteiger partial charge in [-0.05, 0) is 353 Å². The molecule has 0 unspecified atom stereocenters. The van der Waals surface area contributed by atoms with E-state index >= 15 is 0 Å². The molecule has 5 heteroatoms. The molecule has 0 radical (unpaired) electrons. The van der Waals surface area contributed by atoms with Crippen molar-refractivity contribution in [2.45, 2.75) is 75.0 Å². The second-order valence-electron chi connectivity index (χ2n) is 41.3. The van der Waals surface area contributed by atoms with Crippen molar-refractivity contribution < 1.29 is 0 Å². The molecule has 8 bridgehead atoms. The summed E-state index contributed by atoms with van der Waals surface area (Å²) in [6, 6.07) is 174. The zero-order valence-corrected chi connectivity index (χ0v) is 80.4. The maximum atomic E-state index is 2.57. The van der Waals surface area contributed by atoms with Crippen LogP contribution >= 0.6 is 22.7 Å². The van der Waals surface area contributed by atoms with Crippen molar-refractivity contribution >= 4 is 126 Å². The van der Waals surface area contributed by atoms with E-state index in [-0.39, 0.29) is 10.8 Å². The van der Waals surface area contributed by atoms with E-state index in [0.29, 0.717) is 0 Å². The Labute approximate surface area is 824 Å². The third-order valence-corrected chi connectivity index (χ3v) is 41.3. The Morgan fingerprint density at radius 2 is 0.525 bits per heavy atom. The molecule has 0 saturated heterocycles. The van der Waals surface area contributed by atoms with Crippen molar-refractivity contribution in [3.63, 3.8) is 0 Å². The predicted molar refractivity (Wildman–Crippen MR) is 591 cm³/mol. The summed E-state index contributed by atoms with van der Waals surface area (Å²) in [5.74, 6) is 6.74. The quantitative estimate of drug-likeness (QED) is 0.0703. The lowest BCUT2D eigenvalue weighted by Crippen LogP contribution is -2.74. The minimum atomic E-state index is -2.71. The van der Waals surface area contributed by atoms with E-state index in [9.17, 15) is 0 Å². The van der Waals surface area contributed by atoms with E-state index in [1.54, 1.807) is 22.3 Å². The minimum absolute atomic E-state index is 0.127. The minimum Gasteiger partial charge on any atom is -0.310 e. The number of hydrogen-bond acceptors (Lipinski definition) is 4. The molecule has 2 heterocycles. The normalized spacial score (nSPS) is 20.7. The summed E-state index contributed by atoms with van der Waals surface area (Å²) in [5.41, 5.74) is 34.7. The fraction of sp³-hybridized carbons (Fsp3) is 0.149. The zero-order valence-electron chi connectivity index (χ0n) is 77.8. The van der Waals surface area contributed by atoms with E-state index in [1.165, 1.54) is 214 Å². The van der Waals surface area contributed by atoms with Crippen LogP contribution in [0.1, 0.15) is 86.5 Å². The monoisotopic (exact) mass is 1830 g/mol. The van der Waals surface area contributed by atoms with Crippen LogP contribution in [0.4, 0.5) is 34.1 Å². The smallest absolute Gasteiger partial charge is 0.179 e. The van der Waals surface area contributed by atoms with E-state index < -0.39 is 8.07 Å². The number of fused-ring (bicyclic) bond motifs is 12. The lowest BCUT2D eigenvalue weighted by Gasteiger charge is -2.61. The summed E-state index contributed by atoms with van der Waals surface area (Å²) in [6.07, 6.45) is 14.2. The first-order valence-electron chi connectivity index (χ1n) is 50.6. The Bertz CT molecular complexity index is 8150. The SMILES string of the molecule is c1ccc(-c2ccc(N(c3ccc(-c4ccccc4)c(-c4ccccc4)c3)c3ccc4sc5cc(-c6cccc7c6C6(c8ccccc8-7)C7CC8CC(C7)CC6C8)ccc5c4c3)cc2)cc1.c1ccc(-c2ccc(N(c3ccc([Si](c4ccccc4)(c4ccccc4)c4ccccc4)cc3)c3ccc4sc5ccc(-c6ccc7c(c6)-c6ccccc6C76C7CC8CC(C7)CC6C8)cc5c4c3)cc2)cc1. The lowest BCUT2D eigenvalue weighted by molar-refractivity contribution is -0.0399. The Morgan fingerprint density at radius 3 is 1.05 bits per heavy atom. The zero-order chi connectivity index (χ0) is 91.4. The Hall–Kier alpha value is -14.6. The molecule has 10 aliphatic rings. The van der Waals surface area contributed by atoms with E-state index in [1.807, 2.05) is 22.7 Å². The molecular formula is C134H104N2S2Si. The first-order valence-corrected chi connectivity index (χ1v) is 54.3. The maximum Gasteiger partial charge on any atom is 0.179 e. The van der Waals surface area contributed by atoms with Crippen LogP contribution in [-0.2, 0) is 10.8 Å². The molecule has 31 rings (SSSR count). The van der Waals surface area contributed by atoms with Crippen LogP contribution in [0, 0.1) is 47.3 Å². The predicted octanol–water partition coefficient (Wildman–Crippen LogP) is 33.9. The molecule has 8 saturated carbocycles. The first-order chi connectivity index (χ1) is 68.8. The van der Waals surface area contributed by atoms with Gasteiger partial charge in [-0.15, -0.1) is 22.7 Å². The number of thiophene rings is 2. The van der Waals surface area contributed by atoms with Crippen molar-refractivity contribution in [2.75, 3.05) is 9.80 Å². The van der Waals surface area contributed by atoms with Crippen LogP contribution in [0.15, 0.2) is 461 Å². The van der Waals surface area contributed by atoms with Gasteiger partial charge in [0.05, 0.1) is 0 Å². The molecule has 2 aromatic heterocycles. The molecule has 0 amide bonds. The van der Waals surface area contributed by atoms with Crippen LogP contribution in [-0.4, -0.2) is 8.07 Å². The summed E-state index contributed by atoms with van der Waals surface area (Å²) in [5, 5.41) is 10.7. The third-order valence-electron chi connectivity index (χ3n) is 34.3. The summed E-state index contributed by atoms with van der Waals surface area (Å²) in [6.45, 7) is 0. The van der Waals surface area contributed by atoms with Gasteiger partial charge in [0.25, 0.3) is 0 Å².